The molecule has 2 aliphatic heterocycles. The lowest BCUT2D eigenvalue weighted by atomic mass is 9.43. The fourth-order valence-electron chi connectivity index (χ4n) is 10.6. The Hall–Kier alpha value is -2.55. The maximum atomic E-state index is 14.5. The first kappa shape index (κ1) is 27.3. The second kappa shape index (κ2) is 8.98. The molecule has 0 aromatic carbocycles. The number of carbonyl (C=O) groups excluding carboxylic acids is 2. The zero-order chi connectivity index (χ0) is 29.1. The fourth-order valence-corrected chi connectivity index (χ4v) is 10.6. The summed E-state index contributed by atoms with van der Waals surface area (Å²) in [7, 11) is 0. The van der Waals surface area contributed by atoms with Crippen LogP contribution < -0.4 is 5.73 Å². The Bertz CT molecular complexity index is 1390. The zero-order valence-corrected chi connectivity index (χ0v) is 24.4. The van der Waals surface area contributed by atoms with Crippen molar-refractivity contribution in [2.24, 2.45) is 40.4 Å². The number of allylic oxidation sites excluding steroid dienone is 1. The Morgan fingerprint density at radius 2 is 1.95 bits per heavy atom. The van der Waals surface area contributed by atoms with Gasteiger partial charge in [-0.3, -0.25) is 4.79 Å². The molecule has 11 atom stereocenters. The highest BCUT2D eigenvalue weighted by Crippen LogP contribution is 2.73. The molecular formula is C33H42N2O6. The molecule has 0 unspecified atom stereocenters. The lowest BCUT2D eigenvalue weighted by molar-refractivity contribution is -0.155. The molecule has 3 saturated carbocycles. The van der Waals surface area contributed by atoms with E-state index >= 15 is 0 Å². The van der Waals surface area contributed by atoms with Gasteiger partial charge in [0.1, 0.15) is 23.6 Å². The molecule has 1 spiro atoms. The molecule has 1 aromatic heterocycles. The van der Waals surface area contributed by atoms with Crippen LogP contribution in [0.25, 0.3) is 5.57 Å². The number of nitrogen functional groups attached to an aromatic ring is 1. The number of carbonyl (C=O) groups is 2. The fraction of sp³-hybridized carbons (Fsp3) is 0.667. The number of pyridine rings is 1. The number of Topliss-reactive ketones (excluding diaryl/α,β-unsaturated/α-hetero) is 1. The van der Waals surface area contributed by atoms with Gasteiger partial charge in [-0.25, -0.2) is 9.78 Å². The number of hydrogen-bond acceptors (Lipinski definition) is 8. The maximum absolute atomic E-state index is 14.5. The summed E-state index contributed by atoms with van der Waals surface area (Å²) in [4.78, 5) is 31.5. The molecule has 7 rings (SSSR count). The summed E-state index contributed by atoms with van der Waals surface area (Å²) in [5, 5.41) is 21.1. The first-order chi connectivity index (χ1) is 19.5. The molecule has 1 aromatic rings. The number of epoxide rings is 1. The highest BCUT2D eigenvalue weighted by Gasteiger charge is 2.81. The lowest BCUT2D eigenvalue weighted by Gasteiger charge is -2.58. The van der Waals surface area contributed by atoms with E-state index in [1.807, 2.05) is 13.8 Å². The minimum absolute atomic E-state index is 0.0145. The third kappa shape index (κ3) is 3.47. The van der Waals surface area contributed by atoms with Gasteiger partial charge in [0.25, 0.3) is 0 Å². The van der Waals surface area contributed by atoms with E-state index in [4.69, 9.17) is 15.2 Å². The minimum Gasteiger partial charge on any atom is -0.458 e. The molecule has 4 aliphatic carbocycles. The Morgan fingerprint density at radius 3 is 2.66 bits per heavy atom. The van der Waals surface area contributed by atoms with Crippen LogP contribution in [0.5, 0.6) is 0 Å². The van der Waals surface area contributed by atoms with Gasteiger partial charge in [-0.1, -0.05) is 25.5 Å². The SMILES string of the molecule is CC1=C(CO)C(=O)O[C@@H]([C@@H](C)[C@H]2CC[C@H]3[C@@H]4C[C@H]5O[C@]56[C@@H](O)C=C(c5cccc(N)n5)C(=O)[C@]6(C)[C@H]4CC[C@]23C)C1. The topological polar surface area (TPSA) is 135 Å². The van der Waals surface area contributed by atoms with E-state index in [1.54, 1.807) is 24.3 Å². The van der Waals surface area contributed by atoms with Crippen LogP contribution in [0.4, 0.5) is 5.82 Å². The van der Waals surface area contributed by atoms with Crippen LogP contribution in [0.2, 0.25) is 0 Å². The molecule has 1 saturated heterocycles. The summed E-state index contributed by atoms with van der Waals surface area (Å²) in [5.74, 6) is 1.42. The molecule has 0 bridgehead atoms. The smallest absolute Gasteiger partial charge is 0.336 e. The summed E-state index contributed by atoms with van der Waals surface area (Å²) in [6, 6.07) is 5.28. The standard InChI is InChI=1S/C33H42N2O6/c1-16-12-25(40-30(39)20(16)15-36)17(2)21-8-9-22-18-14-27-33(41-27)26(37)13-19(24-6-5-7-28(34)35-24)29(38)32(33,4)23(18)10-11-31(21,22)3/h5-7,13,17-18,21-23,25-27,36-37H,8-12,14-15H2,1-4H3,(H2,34,35)/t17-,18-,21+,22-,23-,25+,26-,27+,31+,32-,33+/m0/s1. The van der Waals surface area contributed by atoms with E-state index in [0.29, 0.717) is 46.8 Å². The molecule has 8 heteroatoms. The predicted octanol–water partition coefficient (Wildman–Crippen LogP) is 3.86. The third-order valence-corrected chi connectivity index (χ3v) is 12.7. The number of ketones is 1. The summed E-state index contributed by atoms with van der Waals surface area (Å²) in [5.41, 5.74) is 6.61. The maximum Gasteiger partial charge on any atom is 0.336 e. The number of hydrogen-bond donors (Lipinski definition) is 3. The Morgan fingerprint density at radius 1 is 1.17 bits per heavy atom. The predicted molar refractivity (Wildman–Crippen MR) is 152 cm³/mol. The zero-order valence-electron chi connectivity index (χ0n) is 24.4. The molecular weight excluding hydrogens is 520 g/mol. The average Bonchev–Trinajstić information content (AvgIpc) is 3.57. The van der Waals surface area contributed by atoms with E-state index in [2.05, 4.69) is 18.8 Å². The summed E-state index contributed by atoms with van der Waals surface area (Å²) in [6.45, 7) is 8.35. The monoisotopic (exact) mass is 562 g/mol. The van der Waals surface area contributed by atoms with Crippen LogP contribution in [0, 0.1) is 40.4 Å². The molecule has 220 valence electrons. The van der Waals surface area contributed by atoms with Crippen molar-refractivity contribution >= 4 is 23.1 Å². The normalized spacial score (nSPS) is 45.6. The van der Waals surface area contributed by atoms with Crippen molar-refractivity contribution in [1.29, 1.82) is 0 Å². The molecule has 4 N–H and O–H groups in total. The second-order valence-electron chi connectivity index (χ2n) is 14.2. The van der Waals surface area contributed by atoms with Crippen LogP contribution in [0.1, 0.15) is 71.9 Å². The van der Waals surface area contributed by atoms with Crippen molar-refractivity contribution < 1.29 is 29.3 Å². The van der Waals surface area contributed by atoms with E-state index in [-0.39, 0.29) is 47.8 Å². The summed E-state index contributed by atoms with van der Waals surface area (Å²) in [6.07, 6.45) is 6.01. The minimum atomic E-state index is -0.875. The summed E-state index contributed by atoms with van der Waals surface area (Å²) >= 11 is 0. The quantitative estimate of drug-likeness (QED) is 0.372. The van der Waals surface area contributed by atoms with Crippen LogP contribution in [-0.4, -0.2) is 57.5 Å². The van der Waals surface area contributed by atoms with Gasteiger partial charge in [-0.2, -0.15) is 0 Å². The molecule has 0 radical (unpaired) electrons. The molecule has 6 aliphatic rings. The number of nitrogens with two attached hydrogens (primary N) is 1. The number of ether oxygens (including phenoxy) is 2. The molecule has 41 heavy (non-hydrogen) atoms. The number of aliphatic hydroxyl groups is 2. The van der Waals surface area contributed by atoms with Gasteiger partial charge in [-0.05, 0) is 99.2 Å². The van der Waals surface area contributed by atoms with Gasteiger partial charge in [0.2, 0.25) is 0 Å². The van der Waals surface area contributed by atoms with Crippen molar-refractivity contribution in [1.82, 2.24) is 4.98 Å². The summed E-state index contributed by atoms with van der Waals surface area (Å²) < 4.78 is 12.3. The van der Waals surface area contributed by atoms with Crippen LogP contribution in [0.15, 0.2) is 35.4 Å². The Balaban J connectivity index is 1.19. The largest absolute Gasteiger partial charge is 0.458 e. The first-order valence-corrected chi connectivity index (χ1v) is 15.3. The van der Waals surface area contributed by atoms with Crippen molar-refractivity contribution in [2.75, 3.05) is 12.3 Å². The number of esters is 1. The Kier molecular flexibility index (Phi) is 5.98. The van der Waals surface area contributed by atoms with Crippen LogP contribution in [0.3, 0.4) is 0 Å². The van der Waals surface area contributed by atoms with E-state index in [0.717, 1.165) is 37.7 Å². The van der Waals surface area contributed by atoms with Gasteiger partial charge >= 0.3 is 5.97 Å². The first-order valence-electron chi connectivity index (χ1n) is 15.3. The highest BCUT2D eigenvalue weighted by atomic mass is 16.6. The van der Waals surface area contributed by atoms with Crippen molar-refractivity contribution in [2.45, 2.75) is 90.1 Å². The number of anilines is 1. The number of cyclic esters (lactones) is 1. The second-order valence-corrected chi connectivity index (χ2v) is 14.2. The number of aromatic nitrogens is 1. The number of nitrogens with zero attached hydrogens (tertiary/aromatic N) is 1. The van der Waals surface area contributed by atoms with Gasteiger partial charge in [0, 0.05) is 12.0 Å². The van der Waals surface area contributed by atoms with E-state index < -0.39 is 17.1 Å². The van der Waals surface area contributed by atoms with Crippen LogP contribution >= 0.6 is 0 Å². The lowest BCUT2D eigenvalue weighted by Crippen LogP contribution is -2.64. The molecule has 8 nitrogen and oxygen atoms in total. The van der Waals surface area contributed by atoms with Gasteiger partial charge in [0.15, 0.2) is 5.78 Å². The van der Waals surface area contributed by atoms with Crippen molar-refractivity contribution in [3.05, 3.63) is 41.1 Å². The average molecular weight is 563 g/mol. The van der Waals surface area contributed by atoms with Crippen molar-refractivity contribution in [3.8, 4) is 0 Å². The number of rotatable bonds is 4. The number of aliphatic hydroxyl groups excluding tert-OH is 2. The van der Waals surface area contributed by atoms with E-state index in [1.165, 1.54) is 0 Å². The van der Waals surface area contributed by atoms with Crippen LogP contribution in [-0.2, 0) is 19.1 Å². The Labute approximate surface area is 241 Å². The van der Waals surface area contributed by atoms with Gasteiger partial charge < -0.3 is 25.4 Å². The number of fused-ring (bicyclic) bond motifs is 4. The molecule has 3 heterocycles. The van der Waals surface area contributed by atoms with Gasteiger partial charge in [0.05, 0.1) is 29.4 Å². The highest BCUT2D eigenvalue weighted by molar-refractivity contribution is 6.24. The van der Waals surface area contributed by atoms with Gasteiger partial charge in [-0.15, -0.1) is 0 Å². The van der Waals surface area contributed by atoms with E-state index in [9.17, 15) is 19.8 Å². The molecule has 4 fully saturated rings. The van der Waals surface area contributed by atoms with Crippen molar-refractivity contribution in [3.63, 3.8) is 0 Å². The molecule has 0 amide bonds. The third-order valence-electron chi connectivity index (χ3n) is 12.7.